The molecule has 8 aromatic rings. The average Bonchev–Trinajstić information content (AvgIpc) is 3.34. The van der Waals surface area contributed by atoms with Crippen LogP contribution in [-0.4, -0.2) is 7.28 Å². The van der Waals surface area contributed by atoms with Crippen molar-refractivity contribution in [3.8, 4) is 44.5 Å². The maximum atomic E-state index is 4.09. The van der Waals surface area contributed by atoms with Gasteiger partial charge in [0.1, 0.15) is 0 Å². The number of nitrogens with one attached hydrogen (secondary N) is 1. The third-order valence-electron chi connectivity index (χ3n) is 16.9. The van der Waals surface area contributed by atoms with E-state index < -0.39 is 0 Å². The minimum absolute atomic E-state index is 0.0617. The Bertz CT molecular complexity index is 3310. The molecule has 0 amide bonds. The van der Waals surface area contributed by atoms with Gasteiger partial charge in [-0.1, -0.05) is 170 Å². The number of rotatable bonds is 7. The van der Waals surface area contributed by atoms with Gasteiger partial charge in [-0.15, -0.1) is 0 Å². The van der Waals surface area contributed by atoms with Gasteiger partial charge in [-0.3, -0.25) is 0 Å². The fourth-order valence-electron chi connectivity index (χ4n) is 12.6. The summed E-state index contributed by atoms with van der Waals surface area (Å²) in [5.41, 5.74) is 28.8. The molecule has 0 saturated heterocycles. The molecule has 3 heteroatoms. The van der Waals surface area contributed by atoms with Crippen molar-refractivity contribution in [3.05, 3.63) is 197 Å². The van der Waals surface area contributed by atoms with Gasteiger partial charge in [-0.05, 0) is 200 Å². The number of anilines is 5. The zero-order valence-corrected chi connectivity index (χ0v) is 43.5. The summed E-state index contributed by atoms with van der Waals surface area (Å²) in [5.74, 6) is 0. The molecule has 1 N–H and O–H groups in total. The van der Waals surface area contributed by atoms with Gasteiger partial charge in [0, 0.05) is 34.0 Å². The van der Waals surface area contributed by atoms with E-state index in [1.54, 1.807) is 0 Å². The lowest BCUT2D eigenvalue weighted by molar-refractivity contribution is 0.332. The monoisotopic (exact) mass is 913 g/mol. The van der Waals surface area contributed by atoms with Crippen molar-refractivity contribution in [1.82, 2.24) is 0 Å². The topological polar surface area (TPSA) is 15.3 Å². The van der Waals surface area contributed by atoms with Crippen LogP contribution in [0.1, 0.15) is 120 Å². The summed E-state index contributed by atoms with van der Waals surface area (Å²) in [6.07, 6.45) is 4.72. The number of nitrogens with zero attached hydrogens (tertiary/aromatic N) is 1. The first kappa shape index (κ1) is 45.8. The lowest BCUT2D eigenvalue weighted by Gasteiger charge is -2.44. The molecule has 0 bridgehead atoms. The van der Waals surface area contributed by atoms with Crippen molar-refractivity contribution < 1.29 is 0 Å². The largest absolute Gasteiger partial charge is 0.355 e. The molecule has 70 heavy (non-hydrogen) atoms. The Morgan fingerprint density at radius 1 is 0.429 bits per heavy atom. The van der Waals surface area contributed by atoms with Crippen molar-refractivity contribution in [1.29, 1.82) is 0 Å². The molecule has 11 rings (SSSR count). The number of aryl methyl sites for hydroxylation is 3. The van der Waals surface area contributed by atoms with E-state index in [1.807, 2.05) is 0 Å². The maximum Gasteiger partial charge on any atom is 0.198 e. The van der Waals surface area contributed by atoms with E-state index in [1.165, 1.54) is 137 Å². The fourth-order valence-corrected chi connectivity index (χ4v) is 12.6. The second kappa shape index (κ2) is 16.8. The van der Waals surface area contributed by atoms with Gasteiger partial charge >= 0.3 is 0 Å². The summed E-state index contributed by atoms with van der Waals surface area (Å²) >= 11 is 0. The molecule has 0 saturated carbocycles. The molecule has 8 aromatic carbocycles. The molecular formula is C67H69BN2. The summed E-state index contributed by atoms with van der Waals surface area (Å²) < 4.78 is 0. The van der Waals surface area contributed by atoms with E-state index in [0.717, 1.165) is 18.7 Å². The highest BCUT2D eigenvalue weighted by atomic mass is 15.1. The van der Waals surface area contributed by atoms with Crippen LogP contribution in [0, 0.1) is 20.8 Å². The minimum atomic E-state index is 0.0617. The molecule has 0 radical (unpaired) electrons. The van der Waals surface area contributed by atoms with Crippen molar-refractivity contribution in [2.75, 3.05) is 10.2 Å². The quantitative estimate of drug-likeness (QED) is 0.160. The second-order valence-corrected chi connectivity index (χ2v) is 23.8. The molecule has 350 valence electrons. The first-order valence-corrected chi connectivity index (χ1v) is 25.9. The van der Waals surface area contributed by atoms with Crippen LogP contribution in [-0.2, 0) is 21.7 Å². The van der Waals surface area contributed by atoms with Gasteiger partial charge < -0.3 is 10.2 Å². The van der Waals surface area contributed by atoms with E-state index in [0.29, 0.717) is 0 Å². The predicted molar refractivity (Wildman–Crippen MR) is 304 cm³/mol. The summed E-state index contributed by atoms with van der Waals surface area (Å²) in [4.78, 5) is 2.62. The molecule has 0 aromatic heterocycles. The predicted octanol–water partition coefficient (Wildman–Crippen LogP) is 16.9. The molecule has 1 heterocycles. The van der Waals surface area contributed by atoms with E-state index in [9.17, 15) is 0 Å². The molecule has 0 atom stereocenters. The number of hydrogen-bond acceptors (Lipinski definition) is 2. The van der Waals surface area contributed by atoms with E-state index >= 15 is 0 Å². The van der Waals surface area contributed by atoms with Gasteiger partial charge in [-0.2, -0.15) is 0 Å². The molecule has 2 aliphatic carbocycles. The highest BCUT2D eigenvalue weighted by Gasteiger charge is 2.41. The third kappa shape index (κ3) is 8.00. The zero-order valence-electron chi connectivity index (χ0n) is 43.5. The Kier molecular flexibility index (Phi) is 11.0. The zero-order chi connectivity index (χ0) is 48.9. The van der Waals surface area contributed by atoms with Gasteiger partial charge in [0.05, 0.1) is 0 Å². The molecule has 0 unspecified atom stereocenters. The normalized spacial score (nSPS) is 16.8. The molecule has 0 fully saturated rings. The first-order chi connectivity index (χ1) is 33.4. The van der Waals surface area contributed by atoms with Crippen LogP contribution in [0.15, 0.2) is 158 Å². The molecular weight excluding hydrogens is 844 g/mol. The SMILES string of the molecule is Cc1cc(C)c(-c2cc(-c3cc(-c4ccccc4)ccc3Nc3ccc4c(c3)C(C)(C)CCC4(C)C)c3c(c2)N(c2ccc(-c4ccccc4)cc2)c2cc4c(cc2B3)C(C)(C)CCC4(C)C)c(C)c1. The van der Waals surface area contributed by atoms with Crippen LogP contribution in [0.2, 0.25) is 0 Å². The Labute approximate surface area is 419 Å². The highest BCUT2D eigenvalue weighted by Crippen LogP contribution is 2.51. The molecule has 1 aliphatic heterocycles. The Morgan fingerprint density at radius 3 is 1.56 bits per heavy atom. The van der Waals surface area contributed by atoms with Crippen LogP contribution in [0.3, 0.4) is 0 Å². The average molecular weight is 913 g/mol. The summed E-state index contributed by atoms with van der Waals surface area (Å²) in [6.45, 7) is 26.3. The molecule has 2 nitrogen and oxygen atoms in total. The van der Waals surface area contributed by atoms with Crippen LogP contribution in [0.25, 0.3) is 44.5 Å². The van der Waals surface area contributed by atoms with Gasteiger partial charge in [0.25, 0.3) is 0 Å². The van der Waals surface area contributed by atoms with Crippen molar-refractivity contribution in [2.24, 2.45) is 0 Å². The van der Waals surface area contributed by atoms with Crippen LogP contribution in [0.5, 0.6) is 0 Å². The number of fused-ring (bicyclic) bond motifs is 4. The minimum Gasteiger partial charge on any atom is -0.355 e. The van der Waals surface area contributed by atoms with Gasteiger partial charge in [0.15, 0.2) is 7.28 Å². The van der Waals surface area contributed by atoms with Gasteiger partial charge in [-0.25, -0.2) is 0 Å². The van der Waals surface area contributed by atoms with Crippen molar-refractivity contribution in [3.63, 3.8) is 0 Å². The summed E-state index contributed by atoms with van der Waals surface area (Å²) in [7, 11) is 0.825. The summed E-state index contributed by atoms with van der Waals surface area (Å²) in [5, 5.41) is 4.09. The van der Waals surface area contributed by atoms with Gasteiger partial charge in [0.2, 0.25) is 0 Å². The second-order valence-electron chi connectivity index (χ2n) is 23.8. The van der Waals surface area contributed by atoms with E-state index in [4.69, 9.17) is 0 Å². The van der Waals surface area contributed by atoms with E-state index in [2.05, 4.69) is 244 Å². The summed E-state index contributed by atoms with van der Waals surface area (Å²) in [6, 6.07) is 60.3. The lowest BCUT2D eigenvalue weighted by Crippen LogP contribution is -2.43. The van der Waals surface area contributed by atoms with Crippen molar-refractivity contribution >= 4 is 46.6 Å². The number of hydrogen-bond donors (Lipinski definition) is 1. The van der Waals surface area contributed by atoms with E-state index in [-0.39, 0.29) is 21.7 Å². The fraction of sp³-hybridized carbons (Fsp3) is 0.284. The molecule has 0 spiro atoms. The van der Waals surface area contributed by atoms with Crippen LogP contribution >= 0.6 is 0 Å². The lowest BCUT2D eigenvalue weighted by atomic mass is 9.55. The molecule has 3 aliphatic rings. The third-order valence-corrected chi connectivity index (χ3v) is 16.9. The first-order valence-electron chi connectivity index (χ1n) is 25.9. The number of benzene rings is 8. The van der Waals surface area contributed by atoms with Crippen LogP contribution < -0.4 is 21.1 Å². The Hall–Kier alpha value is -6.58. The van der Waals surface area contributed by atoms with Crippen LogP contribution in [0.4, 0.5) is 28.4 Å². The standard InChI is InChI=1S/C67H69BN2/c1-42-34-43(2)62(44(3)35-42)49-37-53(52-36-48(46-20-16-13-17-21-46)24-29-59(52)69-50-25-28-54-55(39-50)65(6,7)31-30-64(54,4)5)63-61(38-49)70(51-26-22-47(23-27-51)45-18-14-12-15-19-45)60-41-57-56(40-58(60)68-63)66(8,9)32-33-67(57,10)11/h12-29,34-41,68-69H,30-33H2,1-11H3. The highest BCUT2D eigenvalue weighted by molar-refractivity contribution is 6.73. The van der Waals surface area contributed by atoms with Crippen molar-refractivity contribution in [2.45, 2.75) is 124 Å². The Morgan fingerprint density at radius 2 is 0.943 bits per heavy atom. The maximum absolute atomic E-state index is 4.09. The smallest absolute Gasteiger partial charge is 0.198 e. The Balaban J connectivity index is 1.19.